The highest BCUT2D eigenvalue weighted by molar-refractivity contribution is 6.63. The molecule has 2 rings (SSSR count). The molecule has 0 saturated carbocycles. The quantitative estimate of drug-likeness (QED) is 0.438. The molecule has 2 heterocycles. The van der Waals surface area contributed by atoms with Gasteiger partial charge in [0, 0.05) is 12.8 Å². The van der Waals surface area contributed by atoms with Crippen molar-refractivity contribution in [1.29, 1.82) is 0 Å². The first-order valence-corrected chi connectivity index (χ1v) is 9.11. The number of esters is 2. The Bertz CT molecular complexity index is 478. The van der Waals surface area contributed by atoms with Crippen LogP contribution in [0.5, 0.6) is 0 Å². The van der Waals surface area contributed by atoms with E-state index in [-0.39, 0.29) is 38.9 Å². The summed E-state index contributed by atoms with van der Waals surface area (Å²) < 4.78 is 21.4. The fraction of sp³-hybridized carbons (Fsp3) is 0.750. The lowest BCUT2D eigenvalue weighted by Gasteiger charge is -2.17. The molecule has 0 amide bonds. The zero-order valence-electron chi connectivity index (χ0n) is 14.6. The molecule has 0 unspecified atom stereocenters. The lowest BCUT2D eigenvalue weighted by Crippen LogP contribution is -2.36. The molecule has 0 radical (unpaired) electrons. The van der Waals surface area contributed by atoms with Crippen molar-refractivity contribution in [3.63, 3.8) is 0 Å². The molecule has 26 heavy (non-hydrogen) atoms. The van der Waals surface area contributed by atoms with Crippen molar-refractivity contribution in [2.75, 3.05) is 13.2 Å². The first kappa shape index (κ1) is 22.8. The van der Waals surface area contributed by atoms with E-state index < -0.39 is 46.8 Å². The summed E-state index contributed by atoms with van der Waals surface area (Å²) in [6.07, 6.45) is -2.84. The van der Waals surface area contributed by atoms with Crippen LogP contribution < -0.4 is 0 Å². The molecule has 0 aliphatic carbocycles. The van der Waals surface area contributed by atoms with E-state index in [4.69, 9.17) is 42.1 Å². The van der Waals surface area contributed by atoms with Crippen LogP contribution >= 0.6 is 23.2 Å². The second-order valence-electron chi connectivity index (χ2n) is 5.36. The number of hydrogen-bond donors (Lipinski definition) is 0. The molecular formula is C16H22Cl2O8. The van der Waals surface area contributed by atoms with Gasteiger partial charge in [-0.1, -0.05) is 13.8 Å². The minimum Gasteiger partial charge on any atom is -0.457 e. The Morgan fingerprint density at radius 2 is 1.12 bits per heavy atom. The lowest BCUT2D eigenvalue weighted by atomic mass is 10.1. The second kappa shape index (κ2) is 11.5. The molecule has 2 aliphatic heterocycles. The van der Waals surface area contributed by atoms with E-state index in [0.717, 1.165) is 0 Å². The van der Waals surface area contributed by atoms with Gasteiger partial charge in [-0.15, -0.1) is 0 Å². The summed E-state index contributed by atoms with van der Waals surface area (Å²) in [4.78, 5) is 44.5. The van der Waals surface area contributed by atoms with Gasteiger partial charge in [-0.05, 0) is 23.2 Å². The highest BCUT2D eigenvalue weighted by Crippen LogP contribution is 2.31. The summed E-state index contributed by atoms with van der Waals surface area (Å²) in [6.45, 7) is 4.20. The molecule has 0 spiro atoms. The number of carbonyl (C=O) groups is 4. The van der Waals surface area contributed by atoms with E-state index in [1.807, 2.05) is 13.8 Å². The molecule has 0 bridgehead atoms. The number of fused-ring (bicyclic) bond motifs is 1. The maximum Gasteiger partial charge on any atom is 0.306 e. The molecule has 10 heteroatoms. The van der Waals surface area contributed by atoms with Gasteiger partial charge in [0.25, 0.3) is 0 Å². The van der Waals surface area contributed by atoms with Gasteiger partial charge in [0.05, 0.1) is 26.1 Å². The fourth-order valence-corrected chi connectivity index (χ4v) is 2.68. The van der Waals surface area contributed by atoms with Crippen LogP contribution in [-0.2, 0) is 38.1 Å². The van der Waals surface area contributed by atoms with Crippen molar-refractivity contribution in [3.05, 3.63) is 0 Å². The zero-order valence-corrected chi connectivity index (χ0v) is 16.1. The summed E-state index contributed by atoms with van der Waals surface area (Å²) in [6, 6.07) is 0. The average molecular weight is 413 g/mol. The smallest absolute Gasteiger partial charge is 0.306 e. The molecule has 2 saturated heterocycles. The summed E-state index contributed by atoms with van der Waals surface area (Å²) in [5.41, 5.74) is 0. The van der Waals surface area contributed by atoms with Crippen LogP contribution in [0.25, 0.3) is 0 Å². The lowest BCUT2D eigenvalue weighted by molar-refractivity contribution is -0.156. The maximum absolute atomic E-state index is 11.6. The van der Waals surface area contributed by atoms with Gasteiger partial charge in [0.15, 0.2) is 12.2 Å². The Labute approximate surface area is 161 Å². The molecule has 0 aromatic rings. The third-order valence-electron chi connectivity index (χ3n) is 3.58. The first-order chi connectivity index (χ1) is 12.4. The van der Waals surface area contributed by atoms with Crippen molar-refractivity contribution < 1.29 is 38.1 Å². The normalized spacial score (nSPS) is 26.3. The molecular weight excluding hydrogens is 391 g/mol. The molecule has 2 aliphatic rings. The third kappa shape index (κ3) is 7.19. The minimum atomic E-state index is -0.638. The predicted molar refractivity (Wildman–Crippen MR) is 90.8 cm³/mol. The molecule has 0 aromatic carbocycles. The van der Waals surface area contributed by atoms with Crippen LogP contribution in [0.15, 0.2) is 0 Å². The Hall–Kier alpha value is -1.22. The van der Waals surface area contributed by atoms with Gasteiger partial charge in [-0.2, -0.15) is 0 Å². The van der Waals surface area contributed by atoms with E-state index in [0.29, 0.717) is 0 Å². The number of hydrogen-bond acceptors (Lipinski definition) is 8. The Balaban J connectivity index is 0.00000163. The SMILES string of the molecule is CC.O=C(Cl)CCC(=O)O[C@H]1CO[C@H]2[C@@H]1OC[C@@H]2OC(=O)CCC(=O)Cl. The van der Waals surface area contributed by atoms with Gasteiger partial charge in [0.1, 0.15) is 12.2 Å². The van der Waals surface area contributed by atoms with Crippen LogP contribution in [0.4, 0.5) is 0 Å². The summed E-state index contributed by atoms with van der Waals surface area (Å²) in [7, 11) is 0. The summed E-state index contributed by atoms with van der Waals surface area (Å²) in [5, 5.41) is -1.24. The van der Waals surface area contributed by atoms with Crippen molar-refractivity contribution in [3.8, 4) is 0 Å². The summed E-state index contributed by atoms with van der Waals surface area (Å²) >= 11 is 10.3. The third-order valence-corrected chi connectivity index (χ3v) is 3.96. The van der Waals surface area contributed by atoms with E-state index >= 15 is 0 Å². The Morgan fingerprint density at radius 1 is 0.769 bits per heavy atom. The molecule has 148 valence electrons. The Kier molecular flexibility index (Phi) is 10.1. The van der Waals surface area contributed by atoms with Crippen molar-refractivity contribution in [2.45, 2.75) is 63.9 Å². The Morgan fingerprint density at radius 3 is 1.42 bits per heavy atom. The average Bonchev–Trinajstić information content (AvgIpc) is 3.17. The van der Waals surface area contributed by atoms with E-state index in [1.165, 1.54) is 0 Å². The standard InChI is InChI=1S/C14H16Cl2O8.C2H6/c15-9(17)1-3-11(19)23-7-5-21-14-8(6-22-13(7)14)24-12(20)4-2-10(16)18;1-2/h7-8,13-14H,1-6H2;1-2H3/t7-,8-,13+,14+;/m0./s1. The predicted octanol–water partition coefficient (Wildman–Crippen LogP) is 1.72. The zero-order chi connectivity index (χ0) is 19.7. The van der Waals surface area contributed by atoms with Crippen LogP contribution in [0.1, 0.15) is 39.5 Å². The van der Waals surface area contributed by atoms with Gasteiger partial charge in [0.2, 0.25) is 10.5 Å². The van der Waals surface area contributed by atoms with Crippen LogP contribution in [0, 0.1) is 0 Å². The molecule has 0 aromatic heterocycles. The maximum atomic E-state index is 11.6. The van der Waals surface area contributed by atoms with Gasteiger partial charge >= 0.3 is 11.9 Å². The van der Waals surface area contributed by atoms with Crippen molar-refractivity contribution >= 4 is 45.6 Å². The molecule has 8 nitrogen and oxygen atoms in total. The topological polar surface area (TPSA) is 105 Å². The van der Waals surface area contributed by atoms with E-state index in [2.05, 4.69) is 0 Å². The first-order valence-electron chi connectivity index (χ1n) is 8.35. The highest BCUT2D eigenvalue weighted by Gasteiger charge is 2.51. The van der Waals surface area contributed by atoms with Crippen LogP contribution in [-0.4, -0.2) is 60.1 Å². The number of ether oxygens (including phenoxy) is 4. The monoisotopic (exact) mass is 412 g/mol. The minimum absolute atomic E-state index is 0.101. The molecule has 2 fully saturated rings. The number of carbonyl (C=O) groups excluding carboxylic acids is 4. The van der Waals surface area contributed by atoms with Crippen LogP contribution in [0.3, 0.4) is 0 Å². The van der Waals surface area contributed by atoms with Crippen LogP contribution in [0.2, 0.25) is 0 Å². The fourth-order valence-electron chi connectivity index (χ4n) is 2.49. The van der Waals surface area contributed by atoms with Crippen molar-refractivity contribution in [1.82, 2.24) is 0 Å². The van der Waals surface area contributed by atoms with E-state index in [9.17, 15) is 19.2 Å². The summed E-state index contributed by atoms with van der Waals surface area (Å²) in [5.74, 6) is -1.16. The van der Waals surface area contributed by atoms with Crippen molar-refractivity contribution in [2.24, 2.45) is 0 Å². The number of halogens is 2. The van der Waals surface area contributed by atoms with E-state index in [1.54, 1.807) is 0 Å². The van der Waals surface area contributed by atoms with Gasteiger partial charge in [-0.25, -0.2) is 0 Å². The molecule has 0 N–H and O–H groups in total. The van der Waals surface area contributed by atoms with Gasteiger partial charge < -0.3 is 18.9 Å². The highest BCUT2D eigenvalue weighted by atomic mass is 35.5. The van der Waals surface area contributed by atoms with Gasteiger partial charge in [-0.3, -0.25) is 19.2 Å². The largest absolute Gasteiger partial charge is 0.457 e. The molecule has 4 atom stereocenters. The second-order valence-corrected chi connectivity index (χ2v) is 6.21. The number of rotatable bonds is 8.